The van der Waals surface area contributed by atoms with E-state index in [-0.39, 0.29) is 30.6 Å². The Hall–Kier alpha value is -1.30. The molecule has 2 aliphatic rings. The zero-order valence-electron chi connectivity index (χ0n) is 13.3. The molecule has 0 spiro atoms. The molecule has 2 N–H and O–H groups in total. The van der Waals surface area contributed by atoms with Crippen molar-refractivity contribution >= 4 is 12.0 Å². The third kappa shape index (κ3) is 4.33. The molecule has 0 bridgehead atoms. The number of hydrogen-bond donors (Lipinski definition) is 1. The summed E-state index contributed by atoms with van der Waals surface area (Å²) in [7, 11) is 0. The molecule has 2 rings (SSSR count). The van der Waals surface area contributed by atoms with Crippen LogP contribution < -0.4 is 5.73 Å². The zero-order valence-corrected chi connectivity index (χ0v) is 13.3. The molecule has 0 aromatic carbocycles. The van der Waals surface area contributed by atoms with E-state index in [4.69, 9.17) is 10.5 Å². The molecule has 1 aliphatic heterocycles. The fourth-order valence-electron chi connectivity index (χ4n) is 2.78. The van der Waals surface area contributed by atoms with Crippen LogP contribution in [0, 0.1) is 0 Å². The third-order valence-electron chi connectivity index (χ3n) is 3.90. The Labute approximate surface area is 126 Å². The van der Waals surface area contributed by atoms with E-state index in [0.29, 0.717) is 6.54 Å². The number of carbonyl (C=O) groups excluding carboxylic acids is 2. The molecule has 6 nitrogen and oxygen atoms in total. The first-order chi connectivity index (χ1) is 9.81. The maximum absolute atomic E-state index is 12.3. The number of hydrogen-bond acceptors (Lipinski definition) is 4. The topological polar surface area (TPSA) is 75.9 Å². The molecule has 0 radical (unpaired) electrons. The minimum absolute atomic E-state index is 0.0302. The fourth-order valence-corrected chi connectivity index (χ4v) is 2.78. The Bertz CT molecular complexity index is 401. The van der Waals surface area contributed by atoms with Gasteiger partial charge in [0.1, 0.15) is 5.60 Å². The molecule has 1 unspecified atom stereocenters. The van der Waals surface area contributed by atoms with Gasteiger partial charge >= 0.3 is 6.09 Å². The Morgan fingerprint density at radius 3 is 2.48 bits per heavy atom. The number of ether oxygens (including phenoxy) is 1. The van der Waals surface area contributed by atoms with Crippen LogP contribution in [0.5, 0.6) is 0 Å². The summed E-state index contributed by atoms with van der Waals surface area (Å²) in [6, 6.07) is 0.351. The number of likely N-dealkylation sites (tertiary alicyclic amines) is 1. The van der Waals surface area contributed by atoms with Crippen molar-refractivity contribution in [2.75, 3.05) is 19.6 Å². The summed E-state index contributed by atoms with van der Waals surface area (Å²) in [5, 5.41) is 0. The summed E-state index contributed by atoms with van der Waals surface area (Å²) in [5.41, 5.74) is 4.97. The maximum Gasteiger partial charge on any atom is 0.410 e. The molecule has 2 fully saturated rings. The normalized spacial score (nSPS) is 22.3. The highest BCUT2D eigenvalue weighted by Crippen LogP contribution is 2.30. The van der Waals surface area contributed by atoms with E-state index in [2.05, 4.69) is 0 Å². The highest BCUT2D eigenvalue weighted by atomic mass is 16.6. The molecule has 6 heteroatoms. The van der Waals surface area contributed by atoms with Crippen LogP contribution in [0.4, 0.5) is 4.79 Å². The molecule has 1 aliphatic carbocycles. The van der Waals surface area contributed by atoms with Crippen LogP contribution in [0.2, 0.25) is 0 Å². The van der Waals surface area contributed by atoms with Gasteiger partial charge in [-0.15, -0.1) is 0 Å². The molecule has 1 atom stereocenters. The lowest BCUT2D eigenvalue weighted by Crippen LogP contribution is -2.48. The Balaban J connectivity index is 1.99. The van der Waals surface area contributed by atoms with E-state index in [9.17, 15) is 9.59 Å². The average Bonchev–Trinajstić information content (AvgIpc) is 3.11. The lowest BCUT2D eigenvalue weighted by molar-refractivity contribution is -0.130. The number of amides is 2. The van der Waals surface area contributed by atoms with E-state index in [1.165, 1.54) is 0 Å². The Morgan fingerprint density at radius 1 is 1.29 bits per heavy atom. The van der Waals surface area contributed by atoms with E-state index >= 15 is 0 Å². The monoisotopic (exact) mass is 297 g/mol. The number of carbonyl (C=O) groups is 2. The first-order valence-corrected chi connectivity index (χ1v) is 7.81. The highest BCUT2D eigenvalue weighted by molar-refractivity contribution is 5.78. The van der Waals surface area contributed by atoms with Crippen molar-refractivity contribution in [1.82, 2.24) is 9.80 Å². The van der Waals surface area contributed by atoms with Crippen molar-refractivity contribution in [1.29, 1.82) is 0 Å². The zero-order chi connectivity index (χ0) is 15.6. The van der Waals surface area contributed by atoms with Crippen LogP contribution in [-0.4, -0.2) is 59.1 Å². The van der Waals surface area contributed by atoms with Gasteiger partial charge in [-0.05, 0) is 46.5 Å². The van der Waals surface area contributed by atoms with E-state index in [1.54, 1.807) is 4.90 Å². The van der Waals surface area contributed by atoms with Crippen molar-refractivity contribution in [3.8, 4) is 0 Å². The van der Waals surface area contributed by atoms with Gasteiger partial charge in [-0.25, -0.2) is 4.79 Å². The van der Waals surface area contributed by atoms with Gasteiger partial charge in [-0.2, -0.15) is 0 Å². The molecule has 2 amide bonds. The van der Waals surface area contributed by atoms with Gasteiger partial charge in [-0.1, -0.05) is 0 Å². The van der Waals surface area contributed by atoms with Crippen LogP contribution in [0.25, 0.3) is 0 Å². The second-order valence-electron chi connectivity index (χ2n) is 6.95. The van der Waals surface area contributed by atoms with Gasteiger partial charge in [-0.3, -0.25) is 4.79 Å². The van der Waals surface area contributed by atoms with Gasteiger partial charge in [0, 0.05) is 25.2 Å². The predicted molar refractivity (Wildman–Crippen MR) is 79.8 cm³/mol. The van der Waals surface area contributed by atoms with Gasteiger partial charge < -0.3 is 20.3 Å². The minimum atomic E-state index is -0.493. The highest BCUT2D eigenvalue weighted by Gasteiger charge is 2.39. The van der Waals surface area contributed by atoms with E-state index in [0.717, 1.165) is 32.2 Å². The number of rotatable bonds is 4. The summed E-state index contributed by atoms with van der Waals surface area (Å²) >= 11 is 0. The molecule has 1 heterocycles. The minimum Gasteiger partial charge on any atom is -0.444 e. The lowest BCUT2D eigenvalue weighted by Gasteiger charge is -2.32. The molecule has 1 saturated heterocycles. The summed E-state index contributed by atoms with van der Waals surface area (Å²) in [5.74, 6) is -0.0302. The van der Waals surface area contributed by atoms with Crippen LogP contribution in [-0.2, 0) is 9.53 Å². The van der Waals surface area contributed by atoms with Gasteiger partial charge in [0.2, 0.25) is 5.91 Å². The standard InChI is InChI=1S/C15H27N3O3/c1-15(2,3)21-14(20)18(11-6-7-11)10-12-5-4-8-17(12)13(19)9-16/h11-12H,4-10,16H2,1-3H3. The van der Waals surface area contributed by atoms with Crippen molar-refractivity contribution < 1.29 is 14.3 Å². The third-order valence-corrected chi connectivity index (χ3v) is 3.90. The van der Waals surface area contributed by atoms with Gasteiger partial charge in [0.25, 0.3) is 0 Å². The van der Waals surface area contributed by atoms with Gasteiger partial charge in [0.15, 0.2) is 0 Å². The molecule has 0 aromatic rings. The second-order valence-corrected chi connectivity index (χ2v) is 6.95. The predicted octanol–water partition coefficient (Wildman–Crippen LogP) is 1.34. The second kappa shape index (κ2) is 6.22. The van der Waals surface area contributed by atoms with Crippen molar-refractivity contribution in [3.05, 3.63) is 0 Å². The molecule has 0 aromatic heterocycles. The van der Waals surface area contributed by atoms with E-state index < -0.39 is 5.60 Å². The smallest absolute Gasteiger partial charge is 0.410 e. The van der Waals surface area contributed by atoms with Crippen molar-refractivity contribution in [3.63, 3.8) is 0 Å². The maximum atomic E-state index is 12.3. The summed E-state index contributed by atoms with van der Waals surface area (Å²) in [4.78, 5) is 27.8. The SMILES string of the molecule is CC(C)(C)OC(=O)N(CC1CCCN1C(=O)CN)C1CC1. The van der Waals surface area contributed by atoms with Crippen LogP contribution in [0.15, 0.2) is 0 Å². The number of nitrogens with zero attached hydrogens (tertiary/aromatic N) is 2. The summed E-state index contributed by atoms with van der Waals surface area (Å²) < 4.78 is 5.49. The molecular weight excluding hydrogens is 270 g/mol. The van der Waals surface area contributed by atoms with Crippen molar-refractivity contribution in [2.45, 2.75) is 64.1 Å². The van der Waals surface area contributed by atoms with Gasteiger partial charge in [0.05, 0.1) is 6.54 Å². The molecule has 1 saturated carbocycles. The number of nitrogens with two attached hydrogens (primary N) is 1. The summed E-state index contributed by atoms with van der Waals surface area (Å²) in [6.07, 6.45) is 3.69. The first kappa shape index (κ1) is 16.1. The van der Waals surface area contributed by atoms with E-state index in [1.807, 2.05) is 25.7 Å². The van der Waals surface area contributed by atoms with Crippen LogP contribution >= 0.6 is 0 Å². The molecule has 21 heavy (non-hydrogen) atoms. The first-order valence-electron chi connectivity index (χ1n) is 7.81. The average molecular weight is 297 g/mol. The fraction of sp³-hybridized carbons (Fsp3) is 0.867. The molecular formula is C15H27N3O3. The quantitative estimate of drug-likeness (QED) is 0.849. The molecule has 120 valence electrons. The summed E-state index contributed by atoms with van der Waals surface area (Å²) in [6.45, 7) is 6.95. The van der Waals surface area contributed by atoms with Crippen LogP contribution in [0.1, 0.15) is 46.5 Å². The largest absolute Gasteiger partial charge is 0.444 e. The van der Waals surface area contributed by atoms with Crippen molar-refractivity contribution in [2.24, 2.45) is 5.73 Å². The Kier molecular flexibility index (Phi) is 4.76. The van der Waals surface area contributed by atoms with Crippen LogP contribution in [0.3, 0.4) is 0 Å². The lowest BCUT2D eigenvalue weighted by atomic mass is 10.2. The Morgan fingerprint density at radius 2 is 1.95 bits per heavy atom.